The van der Waals surface area contributed by atoms with Crippen LogP contribution in [0.5, 0.6) is 0 Å². The van der Waals surface area contributed by atoms with Crippen LogP contribution in [0.3, 0.4) is 0 Å². The molecule has 122 valence electrons. The largest absolute Gasteiger partial charge is 0.381 e. The molecule has 0 bridgehead atoms. The Morgan fingerprint density at radius 3 is 2.65 bits per heavy atom. The smallest absolute Gasteiger partial charge is 0.358 e. The van der Waals surface area contributed by atoms with Crippen molar-refractivity contribution in [2.75, 3.05) is 0 Å². The molecule has 0 N–H and O–H groups in total. The van der Waals surface area contributed by atoms with Crippen molar-refractivity contribution in [3.8, 4) is 0 Å². The predicted octanol–water partition coefficient (Wildman–Crippen LogP) is 2.21. The molecule has 2 aromatic rings. The Kier molecular flexibility index (Phi) is 3.90. The summed E-state index contributed by atoms with van der Waals surface area (Å²) in [5.41, 5.74) is 0.633. The number of nitro groups is 1. The van der Waals surface area contributed by atoms with Crippen molar-refractivity contribution >= 4 is 15.9 Å². The van der Waals surface area contributed by atoms with Gasteiger partial charge in [0.25, 0.3) is 10.1 Å². The minimum atomic E-state index is -3.80. The predicted molar refractivity (Wildman–Crippen MR) is 80.4 cm³/mol. The maximum Gasteiger partial charge on any atom is 0.381 e. The maximum atomic E-state index is 12.3. The minimum absolute atomic E-state index is 0.0340. The zero-order chi connectivity index (χ0) is 16.6. The number of hydrogen-bond acceptors (Lipinski definition) is 6. The third-order valence-electron chi connectivity index (χ3n) is 3.89. The molecule has 8 nitrogen and oxygen atoms in total. The Morgan fingerprint density at radius 2 is 2.04 bits per heavy atom. The highest BCUT2D eigenvalue weighted by Crippen LogP contribution is 2.37. The van der Waals surface area contributed by atoms with Crippen LogP contribution in [0, 0.1) is 17.0 Å². The van der Waals surface area contributed by atoms with E-state index in [9.17, 15) is 18.5 Å². The quantitative estimate of drug-likeness (QED) is 0.470. The monoisotopic (exact) mass is 337 g/mol. The first-order valence-corrected chi connectivity index (χ1v) is 8.44. The molecule has 9 heteroatoms. The van der Waals surface area contributed by atoms with Gasteiger partial charge >= 0.3 is 5.82 Å². The van der Waals surface area contributed by atoms with E-state index in [1.165, 1.54) is 18.6 Å². The molecule has 0 atom stereocenters. The number of rotatable bonds is 5. The lowest BCUT2D eigenvalue weighted by atomic mass is 9.89. The molecule has 0 amide bonds. The number of aryl methyl sites for hydroxylation is 1. The summed E-state index contributed by atoms with van der Waals surface area (Å²) in [6, 6.07) is 6.61. The van der Waals surface area contributed by atoms with Crippen molar-refractivity contribution in [2.45, 2.75) is 36.8 Å². The lowest BCUT2D eigenvalue weighted by Crippen LogP contribution is -2.34. The summed E-state index contributed by atoms with van der Waals surface area (Å²) in [5, 5.41) is 10.6. The highest BCUT2D eigenvalue weighted by atomic mass is 32.2. The van der Waals surface area contributed by atoms with Crippen molar-refractivity contribution in [3.05, 3.63) is 52.5 Å². The zero-order valence-corrected chi connectivity index (χ0v) is 13.1. The van der Waals surface area contributed by atoms with Crippen molar-refractivity contribution in [3.63, 3.8) is 0 Å². The van der Waals surface area contributed by atoms with Gasteiger partial charge in [0, 0.05) is 6.04 Å². The normalized spacial score (nSPS) is 20.9. The minimum Gasteiger partial charge on any atom is -0.358 e. The second-order valence-electron chi connectivity index (χ2n) is 5.50. The summed E-state index contributed by atoms with van der Waals surface area (Å²) in [6.07, 6.45) is 3.24. The Morgan fingerprint density at radius 1 is 1.35 bits per heavy atom. The molecule has 0 aliphatic heterocycles. The molecule has 1 aromatic heterocycles. The molecule has 1 fully saturated rings. The third kappa shape index (κ3) is 3.10. The van der Waals surface area contributed by atoms with Crippen LogP contribution in [-0.2, 0) is 14.3 Å². The van der Waals surface area contributed by atoms with Gasteiger partial charge in [-0.3, -0.25) is 4.18 Å². The number of imidazole rings is 1. The summed E-state index contributed by atoms with van der Waals surface area (Å²) in [4.78, 5) is 13.9. The molecule has 1 aliphatic rings. The summed E-state index contributed by atoms with van der Waals surface area (Å²) < 4.78 is 31.4. The molecule has 1 heterocycles. The molecule has 0 radical (unpaired) electrons. The number of benzene rings is 1. The fourth-order valence-electron chi connectivity index (χ4n) is 2.55. The third-order valence-corrected chi connectivity index (χ3v) is 5.41. The van der Waals surface area contributed by atoms with Crippen LogP contribution in [-0.4, -0.2) is 29.0 Å². The van der Waals surface area contributed by atoms with E-state index in [1.54, 1.807) is 29.7 Å². The van der Waals surface area contributed by atoms with Gasteiger partial charge in [-0.2, -0.15) is 8.42 Å². The first-order chi connectivity index (χ1) is 10.9. The summed E-state index contributed by atoms with van der Waals surface area (Å²) >= 11 is 0. The van der Waals surface area contributed by atoms with Crippen molar-refractivity contribution in [2.24, 2.45) is 0 Å². The van der Waals surface area contributed by atoms with Crippen molar-refractivity contribution in [1.29, 1.82) is 0 Å². The van der Waals surface area contributed by atoms with E-state index in [1.807, 2.05) is 0 Å². The highest BCUT2D eigenvalue weighted by Gasteiger charge is 2.36. The van der Waals surface area contributed by atoms with Crippen LogP contribution in [0.25, 0.3) is 0 Å². The fourth-order valence-corrected chi connectivity index (χ4v) is 3.87. The molecule has 0 unspecified atom stereocenters. The van der Waals surface area contributed by atoms with E-state index >= 15 is 0 Å². The topological polar surface area (TPSA) is 104 Å². The first kappa shape index (κ1) is 15.6. The fraction of sp³-hybridized carbons (Fsp3) is 0.357. The van der Waals surface area contributed by atoms with Crippen molar-refractivity contribution in [1.82, 2.24) is 9.55 Å². The van der Waals surface area contributed by atoms with Gasteiger partial charge < -0.3 is 14.7 Å². The number of hydrogen-bond donors (Lipinski definition) is 0. The van der Waals surface area contributed by atoms with E-state index in [4.69, 9.17) is 4.18 Å². The Labute approximate surface area is 133 Å². The molecule has 3 rings (SSSR count). The van der Waals surface area contributed by atoms with Gasteiger partial charge in [-0.05, 0) is 41.3 Å². The van der Waals surface area contributed by atoms with E-state index in [-0.39, 0.29) is 16.8 Å². The Hall–Kier alpha value is -2.26. The van der Waals surface area contributed by atoms with E-state index in [0.29, 0.717) is 18.4 Å². The van der Waals surface area contributed by atoms with Crippen LogP contribution in [0.2, 0.25) is 0 Å². The van der Waals surface area contributed by atoms with Crippen LogP contribution >= 0.6 is 0 Å². The average Bonchev–Trinajstić information content (AvgIpc) is 2.92. The van der Waals surface area contributed by atoms with Gasteiger partial charge in [0.2, 0.25) is 6.33 Å². The lowest BCUT2D eigenvalue weighted by molar-refractivity contribution is -0.389. The van der Waals surface area contributed by atoms with Crippen molar-refractivity contribution < 1.29 is 17.5 Å². The maximum absolute atomic E-state index is 12.3. The molecule has 0 spiro atoms. The van der Waals surface area contributed by atoms with Gasteiger partial charge in [-0.15, -0.1) is 0 Å². The first-order valence-electron chi connectivity index (χ1n) is 7.03. The molecule has 23 heavy (non-hydrogen) atoms. The standard InChI is InChI=1S/C14H15N3O5S/c1-10-4-2-3-5-13(10)23(20,21)22-12-6-11(7-12)16-8-14(15-9-16)17(18)19/h2-5,8-9,11-12H,6-7H2,1H3. The Bertz CT molecular complexity index is 840. The van der Waals surface area contributed by atoms with E-state index in [2.05, 4.69) is 4.98 Å². The SMILES string of the molecule is Cc1ccccc1S(=O)(=O)OC1CC(n2cnc([N+](=O)[O-])c2)C1. The van der Waals surface area contributed by atoms with Crippen LogP contribution in [0.4, 0.5) is 5.82 Å². The average molecular weight is 337 g/mol. The second kappa shape index (κ2) is 5.74. The molecular weight excluding hydrogens is 322 g/mol. The van der Waals surface area contributed by atoms with Crippen LogP contribution < -0.4 is 0 Å². The zero-order valence-electron chi connectivity index (χ0n) is 12.3. The van der Waals surface area contributed by atoms with E-state index in [0.717, 1.165) is 0 Å². The van der Waals surface area contributed by atoms with Crippen LogP contribution in [0.1, 0.15) is 24.4 Å². The van der Waals surface area contributed by atoms with E-state index < -0.39 is 21.1 Å². The summed E-state index contributed by atoms with van der Waals surface area (Å²) in [7, 11) is -3.80. The van der Waals surface area contributed by atoms with Gasteiger partial charge in [-0.25, -0.2) is 0 Å². The van der Waals surface area contributed by atoms with Gasteiger partial charge in [0.15, 0.2) is 0 Å². The summed E-state index contributed by atoms with van der Waals surface area (Å²) in [6.45, 7) is 1.71. The van der Waals surface area contributed by atoms with Gasteiger partial charge in [0.1, 0.15) is 6.20 Å². The van der Waals surface area contributed by atoms with Gasteiger partial charge in [-0.1, -0.05) is 18.2 Å². The molecule has 1 saturated carbocycles. The lowest BCUT2D eigenvalue weighted by Gasteiger charge is -2.34. The van der Waals surface area contributed by atoms with Gasteiger partial charge in [0.05, 0.1) is 11.0 Å². The number of nitrogens with zero attached hydrogens (tertiary/aromatic N) is 3. The second-order valence-corrected chi connectivity index (χ2v) is 7.04. The Balaban J connectivity index is 1.64. The molecule has 1 aliphatic carbocycles. The van der Waals surface area contributed by atoms with Crippen LogP contribution in [0.15, 0.2) is 41.7 Å². The molecule has 1 aromatic carbocycles. The molecular formula is C14H15N3O5S. The summed E-state index contributed by atoms with van der Waals surface area (Å²) in [5.74, 6) is -0.220. The molecule has 0 saturated heterocycles. The number of aromatic nitrogens is 2. The highest BCUT2D eigenvalue weighted by molar-refractivity contribution is 7.86.